The third kappa shape index (κ3) is 5.58. The molecular formula is C24H15BrCl3NO3S. The molecule has 4 nitrogen and oxygen atoms in total. The molecule has 4 rings (SSSR count). The lowest BCUT2D eigenvalue weighted by Gasteiger charge is -2.13. The van der Waals surface area contributed by atoms with Gasteiger partial charge in [-0.05, 0) is 69.2 Å². The Morgan fingerprint density at radius 2 is 1.55 bits per heavy atom. The largest absolute Gasteiger partial charge is 0.486 e. The highest BCUT2D eigenvalue weighted by molar-refractivity contribution is 9.10. The topological polar surface area (TPSA) is 46.6 Å². The zero-order chi connectivity index (χ0) is 23.5. The van der Waals surface area contributed by atoms with Gasteiger partial charge in [0.2, 0.25) is 0 Å². The molecule has 2 amide bonds. The molecule has 1 aliphatic rings. The van der Waals surface area contributed by atoms with Crippen LogP contribution in [0.4, 0.5) is 4.79 Å². The molecule has 9 heteroatoms. The molecule has 0 N–H and O–H groups in total. The van der Waals surface area contributed by atoms with Crippen molar-refractivity contribution in [3.05, 3.63) is 102 Å². The number of halogens is 4. The number of hydrogen-bond acceptors (Lipinski definition) is 4. The van der Waals surface area contributed by atoms with Crippen LogP contribution in [0.1, 0.15) is 16.7 Å². The van der Waals surface area contributed by atoms with E-state index in [4.69, 9.17) is 39.5 Å². The second-order valence-corrected chi connectivity index (χ2v) is 10.1. The van der Waals surface area contributed by atoms with E-state index >= 15 is 0 Å². The molecule has 0 saturated carbocycles. The van der Waals surface area contributed by atoms with E-state index in [-0.39, 0.29) is 24.3 Å². The number of hydrogen-bond donors (Lipinski definition) is 0. The van der Waals surface area contributed by atoms with Crippen LogP contribution >= 0.6 is 62.5 Å². The summed E-state index contributed by atoms with van der Waals surface area (Å²) in [6, 6.07) is 18.0. The van der Waals surface area contributed by atoms with Gasteiger partial charge in [0.15, 0.2) is 5.75 Å². The van der Waals surface area contributed by atoms with E-state index in [0.717, 1.165) is 17.3 Å². The van der Waals surface area contributed by atoms with Crippen molar-refractivity contribution >= 4 is 79.7 Å². The number of nitrogens with zero attached hydrogens (tertiary/aromatic N) is 1. The summed E-state index contributed by atoms with van der Waals surface area (Å²) >= 11 is 23.2. The maximum absolute atomic E-state index is 12.9. The van der Waals surface area contributed by atoms with Gasteiger partial charge >= 0.3 is 0 Å². The maximum Gasteiger partial charge on any atom is 0.293 e. The molecule has 1 saturated heterocycles. The molecule has 0 bridgehead atoms. The van der Waals surface area contributed by atoms with Gasteiger partial charge in [0.25, 0.3) is 11.1 Å². The number of imide groups is 1. The normalized spacial score (nSPS) is 14.9. The van der Waals surface area contributed by atoms with Gasteiger partial charge in [-0.15, -0.1) is 0 Å². The van der Waals surface area contributed by atoms with Gasteiger partial charge in [0.05, 0.1) is 20.9 Å². The molecule has 1 fully saturated rings. The van der Waals surface area contributed by atoms with Crippen molar-refractivity contribution in [3.63, 3.8) is 0 Å². The molecule has 0 aliphatic carbocycles. The average molecular weight is 584 g/mol. The molecule has 3 aromatic carbocycles. The number of amides is 2. The molecule has 3 aromatic rings. The molecule has 33 heavy (non-hydrogen) atoms. The van der Waals surface area contributed by atoms with Crippen molar-refractivity contribution in [2.75, 3.05) is 0 Å². The molecule has 168 valence electrons. The smallest absolute Gasteiger partial charge is 0.293 e. The predicted molar refractivity (Wildman–Crippen MR) is 138 cm³/mol. The van der Waals surface area contributed by atoms with E-state index in [2.05, 4.69) is 15.9 Å². The Hall–Kier alpha value is -1.96. The summed E-state index contributed by atoms with van der Waals surface area (Å²) in [4.78, 5) is 26.8. The number of ether oxygens (including phenoxy) is 1. The van der Waals surface area contributed by atoms with Crippen molar-refractivity contribution in [1.82, 2.24) is 4.90 Å². The molecule has 0 atom stereocenters. The van der Waals surface area contributed by atoms with Crippen molar-refractivity contribution in [2.24, 2.45) is 0 Å². The fraction of sp³-hybridized carbons (Fsp3) is 0.0833. The minimum atomic E-state index is -0.379. The Labute approximate surface area is 218 Å². The van der Waals surface area contributed by atoms with E-state index in [1.54, 1.807) is 42.5 Å². The molecule has 0 spiro atoms. The highest BCUT2D eigenvalue weighted by atomic mass is 79.9. The van der Waals surface area contributed by atoms with Crippen molar-refractivity contribution < 1.29 is 14.3 Å². The summed E-state index contributed by atoms with van der Waals surface area (Å²) in [5.74, 6) is 0.0803. The summed E-state index contributed by atoms with van der Waals surface area (Å²) in [7, 11) is 0. The van der Waals surface area contributed by atoms with Gasteiger partial charge in [-0.3, -0.25) is 14.5 Å². The number of carbonyl (C=O) groups is 2. The molecule has 0 aromatic heterocycles. The predicted octanol–water partition coefficient (Wildman–Crippen LogP) is 8.22. The minimum absolute atomic E-state index is 0.112. The van der Waals surface area contributed by atoms with E-state index in [9.17, 15) is 9.59 Å². The summed E-state index contributed by atoms with van der Waals surface area (Å²) in [6.45, 7) is 0.360. The Bertz CT molecular complexity index is 1260. The van der Waals surface area contributed by atoms with Gasteiger partial charge < -0.3 is 4.74 Å². The number of rotatable bonds is 6. The lowest BCUT2D eigenvalue weighted by atomic mass is 10.2. The van der Waals surface area contributed by atoms with Gasteiger partial charge in [0.1, 0.15) is 6.61 Å². The molecule has 1 heterocycles. The summed E-state index contributed by atoms with van der Waals surface area (Å²) in [5, 5.41) is 1.12. The Kier molecular flexibility index (Phi) is 7.72. The van der Waals surface area contributed by atoms with Crippen LogP contribution in [-0.2, 0) is 17.9 Å². The second-order valence-electron chi connectivity index (χ2n) is 7.05. The number of carbonyl (C=O) groups excluding carboxylic acids is 2. The van der Waals surface area contributed by atoms with E-state index in [0.29, 0.717) is 41.3 Å². The van der Waals surface area contributed by atoms with Crippen LogP contribution in [0.25, 0.3) is 6.08 Å². The highest BCUT2D eigenvalue weighted by Gasteiger charge is 2.35. The second kappa shape index (κ2) is 10.5. The lowest BCUT2D eigenvalue weighted by molar-refractivity contribution is -0.123. The van der Waals surface area contributed by atoms with Crippen molar-refractivity contribution in [1.29, 1.82) is 0 Å². The molecule has 0 radical (unpaired) electrons. The Morgan fingerprint density at radius 3 is 2.18 bits per heavy atom. The van der Waals surface area contributed by atoms with Gasteiger partial charge in [-0.2, -0.15) is 0 Å². The fourth-order valence-corrected chi connectivity index (χ4v) is 5.36. The van der Waals surface area contributed by atoms with E-state index in [1.165, 1.54) is 4.90 Å². The maximum atomic E-state index is 12.9. The third-order valence-electron chi connectivity index (χ3n) is 4.81. The zero-order valence-electron chi connectivity index (χ0n) is 16.9. The Balaban J connectivity index is 1.52. The SMILES string of the molecule is O=C1S/C(=C\c2cc(Cl)c(OCc3ccccc3Cl)c(Br)c2)C(=O)N1Cc1ccccc1Cl. The lowest BCUT2D eigenvalue weighted by Crippen LogP contribution is -2.27. The Morgan fingerprint density at radius 1 is 0.909 bits per heavy atom. The van der Waals surface area contributed by atoms with Crippen LogP contribution in [-0.4, -0.2) is 16.0 Å². The van der Waals surface area contributed by atoms with Crippen LogP contribution in [0, 0.1) is 0 Å². The monoisotopic (exact) mass is 581 g/mol. The summed E-state index contributed by atoms with van der Waals surface area (Å²) in [6.07, 6.45) is 1.63. The van der Waals surface area contributed by atoms with Gasteiger partial charge in [-0.1, -0.05) is 71.2 Å². The van der Waals surface area contributed by atoms with Crippen LogP contribution in [0.15, 0.2) is 70.0 Å². The standard InChI is InChI=1S/C24H15BrCl3NO3S/c25-17-9-14(10-20(28)22(17)32-13-16-6-2-4-8-19(16)27)11-21-23(30)29(24(31)33-21)12-15-5-1-3-7-18(15)26/h1-11H,12-13H2/b21-11-. The first-order valence-corrected chi connectivity index (χ1v) is 12.4. The van der Waals surface area contributed by atoms with Crippen molar-refractivity contribution in [3.8, 4) is 5.75 Å². The number of benzene rings is 3. The number of thioether (sulfide) groups is 1. The van der Waals surface area contributed by atoms with Gasteiger partial charge in [0, 0.05) is 15.6 Å². The first-order chi connectivity index (χ1) is 15.8. The summed E-state index contributed by atoms with van der Waals surface area (Å²) in [5.41, 5.74) is 2.19. The van der Waals surface area contributed by atoms with E-state index in [1.807, 2.05) is 24.3 Å². The van der Waals surface area contributed by atoms with E-state index < -0.39 is 0 Å². The van der Waals surface area contributed by atoms with Gasteiger partial charge in [-0.25, -0.2) is 0 Å². The quantitative estimate of drug-likeness (QED) is 0.274. The molecule has 1 aliphatic heterocycles. The van der Waals surface area contributed by atoms with Crippen LogP contribution < -0.4 is 4.74 Å². The zero-order valence-corrected chi connectivity index (χ0v) is 21.5. The van der Waals surface area contributed by atoms with Crippen molar-refractivity contribution in [2.45, 2.75) is 13.2 Å². The first kappa shape index (κ1) is 24.2. The summed E-state index contributed by atoms with van der Waals surface area (Å²) < 4.78 is 6.48. The highest BCUT2D eigenvalue weighted by Crippen LogP contribution is 2.38. The average Bonchev–Trinajstić information content (AvgIpc) is 3.03. The van der Waals surface area contributed by atoms with Crippen LogP contribution in [0.3, 0.4) is 0 Å². The molecule has 0 unspecified atom stereocenters. The molecular weight excluding hydrogens is 569 g/mol. The minimum Gasteiger partial charge on any atom is -0.486 e. The third-order valence-corrected chi connectivity index (χ3v) is 7.32. The fourth-order valence-electron chi connectivity index (χ4n) is 3.15. The van der Waals surface area contributed by atoms with Crippen LogP contribution in [0.5, 0.6) is 5.75 Å². The van der Waals surface area contributed by atoms with Crippen LogP contribution in [0.2, 0.25) is 15.1 Å². The first-order valence-electron chi connectivity index (χ1n) is 9.67.